The van der Waals surface area contributed by atoms with Crippen LogP contribution in [0.5, 0.6) is 5.75 Å². The maximum absolute atomic E-state index is 5.34. The van der Waals surface area contributed by atoms with Crippen LogP contribution in [0, 0.1) is 0 Å². The quantitative estimate of drug-likeness (QED) is 0.801. The zero-order valence-corrected chi connectivity index (χ0v) is 10.1. The third-order valence-electron chi connectivity index (χ3n) is 2.75. The van der Waals surface area contributed by atoms with Crippen LogP contribution in [0.4, 0.5) is 0 Å². The fourth-order valence-corrected chi connectivity index (χ4v) is 1.66. The Morgan fingerprint density at radius 1 is 1.27 bits per heavy atom. The minimum absolute atomic E-state index is 0.330. The van der Waals surface area contributed by atoms with E-state index in [1.165, 1.54) is 5.56 Å². The second kappa shape index (κ2) is 5.76. The number of benzene rings is 1. The van der Waals surface area contributed by atoms with Crippen molar-refractivity contribution >= 4 is 0 Å². The summed E-state index contributed by atoms with van der Waals surface area (Å²) in [7, 11) is 1.72. The Morgan fingerprint density at radius 2 is 1.93 bits per heavy atom. The number of hydrogen-bond acceptors (Lipinski definition) is 2. The molecule has 1 N–H and O–H groups in total. The number of ether oxygens (including phenoxy) is 1. The molecule has 15 heavy (non-hydrogen) atoms. The van der Waals surface area contributed by atoms with Crippen LogP contribution in [0.25, 0.3) is 0 Å². The number of rotatable bonds is 5. The van der Waals surface area contributed by atoms with Gasteiger partial charge in [-0.1, -0.05) is 25.1 Å². The summed E-state index contributed by atoms with van der Waals surface area (Å²) < 4.78 is 5.34. The molecule has 1 rings (SSSR count). The molecule has 0 radical (unpaired) electrons. The molecular weight excluding hydrogens is 186 g/mol. The monoisotopic (exact) mass is 207 g/mol. The van der Waals surface area contributed by atoms with Gasteiger partial charge < -0.3 is 10.1 Å². The average Bonchev–Trinajstić information content (AvgIpc) is 2.28. The van der Waals surface area contributed by atoms with E-state index in [9.17, 15) is 0 Å². The SMILES string of the molecule is CC[C@@H](C)N[C@@H](C)c1ccccc1OC. The van der Waals surface area contributed by atoms with E-state index >= 15 is 0 Å². The molecule has 0 heterocycles. The van der Waals surface area contributed by atoms with Crippen molar-refractivity contribution in [3.05, 3.63) is 29.8 Å². The van der Waals surface area contributed by atoms with Crippen LogP contribution in [-0.2, 0) is 0 Å². The van der Waals surface area contributed by atoms with Gasteiger partial charge in [-0.15, -0.1) is 0 Å². The van der Waals surface area contributed by atoms with E-state index in [1.807, 2.05) is 18.2 Å². The van der Waals surface area contributed by atoms with Crippen molar-refractivity contribution in [1.29, 1.82) is 0 Å². The fourth-order valence-electron chi connectivity index (χ4n) is 1.66. The van der Waals surface area contributed by atoms with Gasteiger partial charge in [0, 0.05) is 17.6 Å². The lowest BCUT2D eigenvalue weighted by atomic mass is 10.1. The van der Waals surface area contributed by atoms with Gasteiger partial charge in [0.15, 0.2) is 0 Å². The van der Waals surface area contributed by atoms with Crippen LogP contribution in [0.15, 0.2) is 24.3 Å². The first-order valence-electron chi connectivity index (χ1n) is 5.58. The van der Waals surface area contributed by atoms with Crippen LogP contribution in [0.1, 0.15) is 38.8 Å². The topological polar surface area (TPSA) is 21.3 Å². The zero-order chi connectivity index (χ0) is 11.3. The number of hydrogen-bond donors (Lipinski definition) is 1. The highest BCUT2D eigenvalue weighted by molar-refractivity contribution is 5.35. The Bertz CT molecular complexity index is 298. The largest absolute Gasteiger partial charge is 0.496 e. The first-order valence-corrected chi connectivity index (χ1v) is 5.58. The molecule has 1 aromatic rings. The summed E-state index contributed by atoms with van der Waals surface area (Å²) in [5.74, 6) is 0.959. The van der Waals surface area contributed by atoms with Crippen LogP contribution in [0.3, 0.4) is 0 Å². The normalized spacial score (nSPS) is 14.7. The second-order valence-electron chi connectivity index (χ2n) is 3.94. The lowest BCUT2D eigenvalue weighted by Gasteiger charge is -2.20. The van der Waals surface area contributed by atoms with Crippen molar-refractivity contribution in [3.8, 4) is 5.75 Å². The molecular formula is C13H21NO. The highest BCUT2D eigenvalue weighted by Crippen LogP contribution is 2.24. The van der Waals surface area contributed by atoms with Crippen LogP contribution >= 0.6 is 0 Å². The Balaban J connectivity index is 2.76. The molecule has 0 fully saturated rings. The lowest BCUT2D eigenvalue weighted by molar-refractivity contribution is 0.394. The Labute approximate surface area is 92.6 Å². The van der Waals surface area contributed by atoms with E-state index in [2.05, 4.69) is 32.2 Å². The first kappa shape index (κ1) is 12.1. The summed E-state index contributed by atoms with van der Waals surface area (Å²) in [4.78, 5) is 0. The molecule has 0 aliphatic carbocycles. The summed E-state index contributed by atoms with van der Waals surface area (Å²) in [5, 5.41) is 3.54. The smallest absolute Gasteiger partial charge is 0.123 e. The second-order valence-corrected chi connectivity index (χ2v) is 3.94. The lowest BCUT2D eigenvalue weighted by Crippen LogP contribution is -2.28. The van der Waals surface area contributed by atoms with E-state index in [0.29, 0.717) is 12.1 Å². The van der Waals surface area contributed by atoms with Crippen molar-refractivity contribution in [2.45, 2.75) is 39.3 Å². The summed E-state index contributed by atoms with van der Waals surface area (Å²) in [6, 6.07) is 9.02. The van der Waals surface area contributed by atoms with Gasteiger partial charge in [-0.3, -0.25) is 0 Å². The summed E-state index contributed by atoms with van der Waals surface area (Å²) in [6.07, 6.45) is 1.14. The van der Waals surface area contributed by atoms with E-state index in [-0.39, 0.29) is 0 Å². The molecule has 0 bridgehead atoms. The molecule has 2 atom stereocenters. The Morgan fingerprint density at radius 3 is 2.53 bits per heavy atom. The third-order valence-corrected chi connectivity index (χ3v) is 2.75. The molecule has 0 saturated heterocycles. The maximum atomic E-state index is 5.34. The van der Waals surface area contributed by atoms with Crippen molar-refractivity contribution in [2.75, 3.05) is 7.11 Å². The summed E-state index contributed by atoms with van der Waals surface area (Å²) in [5.41, 5.74) is 1.22. The van der Waals surface area contributed by atoms with Gasteiger partial charge in [-0.25, -0.2) is 0 Å². The Hall–Kier alpha value is -1.02. The average molecular weight is 207 g/mol. The molecule has 0 amide bonds. The van der Waals surface area contributed by atoms with Gasteiger partial charge in [0.25, 0.3) is 0 Å². The van der Waals surface area contributed by atoms with Gasteiger partial charge >= 0.3 is 0 Å². The molecule has 0 unspecified atom stereocenters. The van der Waals surface area contributed by atoms with Gasteiger partial charge in [0.1, 0.15) is 5.75 Å². The highest BCUT2D eigenvalue weighted by atomic mass is 16.5. The van der Waals surface area contributed by atoms with Crippen molar-refractivity contribution in [1.82, 2.24) is 5.32 Å². The minimum atomic E-state index is 0.330. The standard InChI is InChI=1S/C13H21NO/c1-5-10(2)14-11(3)12-8-6-7-9-13(12)15-4/h6-11,14H,5H2,1-4H3/t10-,11+/m1/s1. The summed E-state index contributed by atoms with van der Waals surface area (Å²) in [6.45, 7) is 6.56. The number of nitrogens with one attached hydrogen (secondary N) is 1. The molecule has 0 aliphatic rings. The van der Waals surface area contributed by atoms with E-state index in [0.717, 1.165) is 12.2 Å². The number of methoxy groups -OCH3 is 1. The van der Waals surface area contributed by atoms with Gasteiger partial charge in [-0.05, 0) is 26.3 Å². The van der Waals surface area contributed by atoms with Crippen molar-refractivity contribution in [2.24, 2.45) is 0 Å². The molecule has 1 aromatic carbocycles. The minimum Gasteiger partial charge on any atom is -0.496 e. The molecule has 2 heteroatoms. The maximum Gasteiger partial charge on any atom is 0.123 e. The van der Waals surface area contributed by atoms with E-state index in [1.54, 1.807) is 7.11 Å². The third kappa shape index (κ3) is 3.24. The van der Waals surface area contributed by atoms with Gasteiger partial charge in [-0.2, -0.15) is 0 Å². The molecule has 0 spiro atoms. The molecule has 2 nitrogen and oxygen atoms in total. The highest BCUT2D eigenvalue weighted by Gasteiger charge is 2.11. The molecule has 0 aliphatic heterocycles. The molecule has 0 aromatic heterocycles. The van der Waals surface area contributed by atoms with Crippen LogP contribution in [0.2, 0.25) is 0 Å². The summed E-state index contributed by atoms with van der Waals surface area (Å²) >= 11 is 0. The van der Waals surface area contributed by atoms with Crippen molar-refractivity contribution in [3.63, 3.8) is 0 Å². The van der Waals surface area contributed by atoms with Gasteiger partial charge in [0.2, 0.25) is 0 Å². The van der Waals surface area contributed by atoms with Gasteiger partial charge in [0.05, 0.1) is 7.11 Å². The first-order chi connectivity index (χ1) is 7.19. The van der Waals surface area contributed by atoms with Crippen LogP contribution in [-0.4, -0.2) is 13.2 Å². The molecule has 0 saturated carbocycles. The zero-order valence-electron chi connectivity index (χ0n) is 10.1. The van der Waals surface area contributed by atoms with Crippen molar-refractivity contribution < 1.29 is 4.74 Å². The predicted molar refractivity (Wildman–Crippen MR) is 64.3 cm³/mol. The fraction of sp³-hybridized carbons (Fsp3) is 0.538. The Kier molecular flexibility index (Phi) is 4.63. The van der Waals surface area contributed by atoms with E-state index in [4.69, 9.17) is 4.74 Å². The number of para-hydroxylation sites is 1. The molecule has 84 valence electrons. The van der Waals surface area contributed by atoms with Crippen LogP contribution < -0.4 is 10.1 Å². The van der Waals surface area contributed by atoms with E-state index < -0.39 is 0 Å². The predicted octanol–water partition coefficient (Wildman–Crippen LogP) is 3.14.